The van der Waals surface area contributed by atoms with E-state index in [1.54, 1.807) is 12.1 Å². The van der Waals surface area contributed by atoms with Gasteiger partial charge in [0.2, 0.25) is 5.91 Å². The number of hydrazine groups is 1. The van der Waals surface area contributed by atoms with Gasteiger partial charge in [-0.3, -0.25) is 15.6 Å². The Balaban J connectivity index is 1.74. The summed E-state index contributed by atoms with van der Waals surface area (Å²) in [7, 11) is 0. The molecule has 23 heavy (non-hydrogen) atoms. The summed E-state index contributed by atoms with van der Waals surface area (Å²) in [6.07, 6.45) is 0. The molecule has 7 heteroatoms. The molecule has 2 rings (SSSR count). The number of hydrogen-bond donors (Lipinski definition) is 3. The lowest BCUT2D eigenvalue weighted by molar-refractivity contribution is -0.119. The Morgan fingerprint density at radius 2 is 1.96 bits per heavy atom. The number of hydrogen-bond acceptors (Lipinski definition) is 3. The van der Waals surface area contributed by atoms with Crippen molar-refractivity contribution < 1.29 is 4.79 Å². The highest BCUT2D eigenvalue weighted by atomic mass is 35.5. The summed E-state index contributed by atoms with van der Waals surface area (Å²) in [5.41, 5.74) is 7.12. The Labute approximate surface area is 150 Å². The maximum atomic E-state index is 11.8. The topological polar surface area (TPSA) is 53.2 Å². The second kappa shape index (κ2) is 8.76. The van der Waals surface area contributed by atoms with Crippen LogP contribution >= 0.6 is 35.6 Å². The predicted molar refractivity (Wildman–Crippen MR) is 101 cm³/mol. The molecule has 0 saturated carbocycles. The molecule has 0 bridgehead atoms. The Morgan fingerprint density at radius 1 is 1.17 bits per heavy atom. The van der Waals surface area contributed by atoms with Gasteiger partial charge in [-0.15, -0.1) is 11.8 Å². The van der Waals surface area contributed by atoms with Crippen molar-refractivity contribution in [1.82, 2.24) is 10.9 Å². The Bertz CT molecular complexity index is 709. The number of amides is 1. The molecule has 2 aromatic carbocycles. The lowest BCUT2D eigenvalue weighted by Crippen LogP contribution is -2.44. The van der Waals surface area contributed by atoms with Gasteiger partial charge in [-0.25, -0.2) is 0 Å². The molecule has 0 unspecified atom stereocenters. The average Bonchev–Trinajstić information content (AvgIpc) is 2.52. The van der Waals surface area contributed by atoms with Crippen molar-refractivity contribution in [3.8, 4) is 0 Å². The third-order valence-electron chi connectivity index (χ3n) is 2.85. The number of thioether (sulfide) groups is 1. The van der Waals surface area contributed by atoms with Crippen LogP contribution in [0.4, 0.5) is 5.69 Å². The third-order valence-corrected chi connectivity index (χ3v) is 4.47. The van der Waals surface area contributed by atoms with Crippen molar-refractivity contribution in [2.75, 3.05) is 11.1 Å². The number of anilines is 1. The van der Waals surface area contributed by atoms with E-state index >= 15 is 0 Å². The highest BCUT2D eigenvalue weighted by Gasteiger charge is 2.05. The molecule has 0 aliphatic heterocycles. The molecule has 0 fully saturated rings. The third kappa shape index (κ3) is 6.09. The van der Waals surface area contributed by atoms with Crippen LogP contribution in [-0.4, -0.2) is 16.8 Å². The predicted octanol–water partition coefficient (Wildman–Crippen LogP) is 3.76. The molecule has 4 nitrogen and oxygen atoms in total. The minimum Gasteiger partial charge on any atom is -0.331 e. The molecule has 1 amide bonds. The highest BCUT2D eigenvalue weighted by molar-refractivity contribution is 8.00. The van der Waals surface area contributed by atoms with Gasteiger partial charge in [0.05, 0.1) is 5.75 Å². The van der Waals surface area contributed by atoms with E-state index in [0.717, 1.165) is 16.1 Å². The smallest absolute Gasteiger partial charge is 0.248 e. The van der Waals surface area contributed by atoms with E-state index in [1.165, 1.54) is 11.8 Å². The fourth-order valence-corrected chi connectivity index (χ4v) is 2.94. The van der Waals surface area contributed by atoms with E-state index in [-0.39, 0.29) is 5.91 Å². The van der Waals surface area contributed by atoms with Crippen LogP contribution in [0.15, 0.2) is 53.4 Å². The standard InChI is InChI=1S/C16H16ClN3OS2/c1-11-5-2-3-8-14(11)23-10-15(21)19-20-16(22)18-13-7-4-6-12(17)9-13/h2-9H,10H2,1H3,(H,19,21)(H2,18,20,22). The van der Waals surface area contributed by atoms with Gasteiger partial charge in [0.15, 0.2) is 5.11 Å². The zero-order valence-electron chi connectivity index (χ0n) is 12.4. The van der Waals surface area contributed by atoms with Crippen molar-refractivity contribution in [1.29, 1.82) is 0 Å². The van der Waals surface area contributed by atoms with Gasteiger partial charge >= 0.3 is 0 Å². The van der Waals surface area contributed by atoms with E-state index in [4.69, 9.17) is 23.8 Å². The van der Waals surface area contributed by atoms with Crippen molar-refractivity contribution in [2.24, 2.45) is 0 Å². The van der Waals surface area contributed by atoms with E-state index < -0.39 is 0 Å². The molecule has 2 aromatic rings. The van der Waals surface area contributed by atoms with Crippen LogP contribution < -0.4 is 16.2 Å². The Kier molecular flexibility index (Phi) is 6.70. The van der Waals surface area contributed by atoms with Gasteiger partial charge in [-0.2, -0.15) is 0 Å². The molecular weight excluding hydrogens is 350 g/mol. The number of halogens is 1. The van der Waals surface area contributed by atoms with Crippen LogP contribution in [0.5, 0.6) is 0 Å². The van der Waals surface area contributed by atoms with Gasteiger partial charge in [0.25, 0.3) is 0 Å². The lowest BCUT2D eigenvalue weighted by atomic mass is 10.2. The molecule has 0 atom stereocenters. The zero-order valence-corrected chi connectivity index (χ0v) is 14.8. The maximum Gasteiger partial charge on any atom is 0.248 e. The molecule has 0 spiro atoms. The second-order valence-corrected chi connectivity index (χ2v) is 6.55. The van der Waals surface area contributed by atoms with E-state index in [2.05, 4.69) is 16.2 Å². The molecule has 0 radical (unpaired) electrons. The SMILES string of the molecule is Cc1ccccc1SCC(=O)NNC(=S)Nc1cccc(Cl)c1. The van der Waals surface area contributed by atoms with Crippen LogP contribution in [0, 0.1) is 6.92 Å². The first kappa shape index (κ1) is 17.6. The monoisotopic (exact) mass is 365 g/mol. The number of benzene rings is 2. The summed E-state index contributed by atoms with van der Waals surface area (Å²) in [5.74, 6) is 0.144. The van der Waals surface area contributed by atoms with E-state index in [9.17, 15) is 4.79 Å². The van der Waals surface area contributed by atoms with Crippen molar-refractivity contribution in [3.63, 3.8) is 0 Å². The first-order valence-electron chi connectivity index (χ1n) is 6.84. The summed E-state index contributed by atoms with van der Waals surface area (Å²) >= 11 is 12.5. The summed E-state index contributed by atoms with van der Waals surface area (Å²) in [6, 6.07) is 15.1. The zero-order chi connectivity index (χ0) is 16.7. The fourth-order valence-electron chi connectivity index (χ4n) is 1.75. The molecule has 0 aliphatic rings. The van der Waals surface area contributed by atoms with Crippen LogP contribution in [0.2, 0.25) is 5.02 Å². The van der Waals surface area contributed by atoms with Gasteiger partial charge in [-0.1, -0.05) is 35.9 Å². The van der Waals surface area contributed by atoms with Crippen molar-refractivity contribution in [2.45, 2.75) is 11.8 Å². The maximum absolute atomic E-state index is 11.8. The van der Waals surface area contributed by atoms with E-state index in [0.29, 0.717) is 15.9 Å². The van der Waals surface area contributed by atoms with Crippen molar-refractivity contribution in [3.05, 3.63) is 59.1 Å². The number of thiocarbonyl (C=S) groups is 1. The fraction of sp³-hybridized carbons (Fsp3) is 0.125. The number of carbonyl (C=O) groups excluding carboxylic acids is 1. The van der Waals surface area contributed by atoms with Gasteiger partial charge in [0, 0.05) is 15.6 Å². The van der Waals surface area contributed by atoms with Crippen LogP contribution in [-0.2, 0) is 4.79 Å². The quantitative estimate of drug-likeness (QED) is 0.437. The van der Waals surface area contributed by atoms with E-state index in [1.807, 2.05) is 43.3 Å². The summed E-state index contributed by atoms with van der Waals surface area (Å²) in [4.78, 5) is 12.9. The van der Waals surface area contributed by atoms with Crippen LogP contribution in [0.3, 0.4) is 0 Å². The minimum atomic E-state index is -0.159. The summed E-state index contributed by atoms with van der Waals surface area (Å²) in [6.45, 7) is 2.02. The largest absolute Gasteiger partial charge is 0.331 e. The molecule has 0 saturated heterocycles. The number of aryl methyl sites for hydroxylation is 1. The van der Waals surface area contributed by atoms with Gasteiger partial charge in [-0.05, 0) is 49.0 Å². The summed E-state index contributed by atoms with van der Waals surface area (Å²) in [5, 5.41) is 3.84. The number of nitrogens with one attached hydrogen (secondary N) is 3. The van der Waals surface area contributed by atoms with Crippen molar-refractivity contribution >= 4 is 52.3 Å². The van der Waals surface area contributed by atoms with Gasteiger partial charge in [0.1, 0.15) is 0 Å². The first-order valence-corrected chi connectivity index (χ1v) is 8.61. The number of rotatable bonds is 4. The van der Waals surface area contributed by atoms with Gasteiger partial charge < -0.3 is 5.32 Å². The average molecular weight is 366 g/mol. The summed E-state index contributed by atoms with van der Waals surface area (Å²) < 4.78 is 0. The molecule has 120 valence electrons. The lowest BCUT2D eigenvalue weighted by Gasteiger charge is -2.12. The molecule has 0 heterocycles. The Hall–Kier alpha value is -1.76. The van der Waals surface area contributed by atoms with Crippen LogP contribution in [0.25, 0.3) is 0 Å². The van der Waals surface area contributed by atoms with Crippen LogP contribution in [0.1, 0.15) is 5.56 Å². The normalized spacial score (nSPS) is 10.0. The molecular formula is C16H16ClN3OS2. The highest BCUT2D eigenvalue weighted by Crippen LogP contribution is 2.21. The molecule has 0 aliphatic carbocycles. The Morgan fingerprint density at radius 3 is 2.70 bits per heavy atom. The molecule has 0 aromatic heterocycles. The first-order chi connectivity index (χ1) is 11.0. The number of carbonyl (C=O) groups is 1. The molecule has 3 N–H and O–H groups in total. The second-order valence-electron chi connectivity index (χ2n) is 4.69. The minimum absolute atomic E-state index is 0.159.